The first-order valence-electron chi connectivity index (χ1n) is 8.14. The first kappa shape index (κ1) is 17.7. The molecule has 7 heteroatoms. The Morgan fingerprint density at radius 2 is 2.12 bits per heavy atom. The van der Waals surface area contributed by atoms with E-state index in [-0.39, 0.29) is 11.6 Å². The first-order chi connectivity index (χ1) is 12.2. The van der Waals surface area contributed by atoms with Crippen LogP contribution in [-0.4, -0.2) is 27.3 Å². The molecule has 26 heavy (non-hydrogen) atoms. The van der Waals surface area contributed by atoms with Crippen LogP contribution in [0.1, 0.15) is 37.9 Å². The fraction of sp³-hybridized carbons (Fsp3) is 0.316. The zero-order valence-electron chi connectivity index (χ0n) is 14.7. The van der Waals surface area contributed by atoms with Crippen LogP contribution < -0.4 is 15.6 Å². The summed E-state index contributed by atoms with van der Waals surface area (Å²) < 4.78 is 7.23. The molecule has 0 aliphatic carbocycles. The van der Waals surface area contributed by atoms with Gasteiger partial charge in [-0.3, -0.25) is 9.59 Å². The van der Waals surface area contributed by atoms with Gasteiger partial charge in [0.1, 0.15) is 23.1 Å². The second-order valence-electron chi connectivity index (χ2n) is 6.78. The second-order valence-corrected chi connectivity index (χ2v) is 6.78. The van der Waals surface area contributed by atoms with Crippen molar-refractivity contribution in [3.8, 4) is 11.8 Å². The van der Waals surface area contributed by atoms with E-state index in [1.54, 1.807) is 44.3 Å². The zero-order valence-corrected chi connectivity index (χ0v) is 14.7. The number of carbonyl (C=O) groups excluding carboxylic acids is 1. The number of rotatable bonds is 2. The van der Waals surface area contributed by atoms with Crippen molar-refractivity contribution in [2.24, 2.45) is 0 Å². The van der Waals surface area contributed by atoms with Gasteiger partial charge in [0.25, 0.3) is 5.56 Å². The Bertz CT molecular complexity index is 971. The maximum absolute atomic E-state index is 12.9. The van der Waals surface area contributed by atoms with Crippen LogP contribution >= 0.6 is 0 Å². The number of nitrogens with zero attached hydrogens (tertiary/aromatic N) is 2. The van der Waals surface area contributed by atoms with E-state index in [9.17, 15) is 20.0 Å². The molecule has 7 nitrogen and oxygen atoms in total. The average molecular weight is 353 g/mol. The molecular weight excluding hydrogens is 334 g/mol. The number of benzene rings is 1. The summed E-state index contributed by atoms with van der Waals surface area (Å²) in [6, 6.07) is 9.31. The van der Waals surface area contributed by atoms with Crippen LogP contribution in [0.25, 0.3) is 0 Å². The molecule has 1 aromatic heterocycles. The van der Waals surface area contributed by atoms with Gasteiger partial charge in [0.05, 0.1) is 17.7 Å². The Labute approximate surface area is 150 Å². The standard InChI is InChI=1S/C19H19N3O4/c1-11(23)21-14-5-4-8-22(18(14)25)16-13-9-12(10-20)6-7-15(13)26-19(2,3)17(16)24/h4-9,16-17,24H,1-3H3,(H,21,23)/t16-,17+/m1/s1. The lowest BCUT2D eigenvalue weighted by atomic mass is 9.85. The molecule has 0 bridgehead atoms. The third-order valence-electron chi connectivity index (χ3n) is 4.43. The highest BCUT2D eigenvalue weighted by Crippen LogP contribution is 2.41. The molecule has 0 radical (unpaired) electrons. The third kappa shape index (κ3) is 2.95. The number of hydrogen-bond acceptors (Lipinski definition) is 5. The molecule has 3 rings (SSSR count). The van der Waals surface area contributed by atoms with Crippen molar-refractivity contribution in [1.82, 2.24) is 4.57 Å². The summed E-state index contributed by atoms with van der Waals surface area (Å²) >= 11 is 0. The molecule has 1 amide bonds. The van der Waals surface area contributed by atoms with Crippen molar-refractivity contribution in [3.05, 3.63) is 58.0 Å². The van der Waals surface area contributed by atoms with Crippen molar-refractivity contribution in [2.75, 3.05) is 5.32 Å². The lowest BCUT2D eigenvalue weighted by molar-refractivity contribution is -0.114. The number of nitriles is 1. The fourth-order valence-corrected chi connectivity index (χ4v) is 3.15. The fourth-order valence-electron chi connectivity index (χ4n) is 3.15. The minimum atomic E-state index is -1.05. The molecule has 1 aromatic carbocycles. The molecule has 2 aromatic rings. The van der Waals surface area contributed by atoms with Crippen LogP contribution in [0.3, 0.4) is 0 Å². The Balaban J connectivity index is 2.23. The lowest BCUT2D eigenvalue weighted by Gasteiger charge is -2.42. The van der Waals surface area contributed by atoms with Crippen LogP contribution in [0.4, 0.5) is 5.69 Å². The number of anilines is 1. The van der Waals surface area contributed by atoms with Crippen LogP contribution in [0, 0.1) is 11.3 Å². The van der Waals surface area contributed by atoms with Gasteiger partial charge in [0.2, 0.25) is 5.91 Å². The molecule has 2 heterocycles. The van der Waals surface area contributed by atoms with Crippen LogP contribution in [0.15, 0.2) is 41.3 Å². The molecule has 0 fully saturated rings. The van der Waals surface area contributed by atoms with Crippen molar-refractivity contribution in [2.45, 2.75) is 38.5 Å². The summed E-state index contributed by atoms with van der Waals surface area (Å²) in [4.78, 5) is 24.2. The molecule has 1 aliphatic rings. The number of aliphatic hydroxyl groups excluding tert-OH is 1. The van der Waals surface area contributed by atoms with Gasteiger partial charge in [-0.05, 0) is 44.2 Å². The van der Waals surface area contributed by atoms with Crippen LogP contribution in [-0.2, 0) is 4.79 Å². The average Bonchev–Trinajstić information content (AvgIpc) is 2.58. The number of hydrogen-bond donors (Lipinski definition) is 2. The van der Waals surface area contributed by atoms with Gasteiger partial charge in [-0.15, -0.1) is 0 Å². The van der Waals surface area contributed by atoms with Gasteiger partial charge in [0, 0.05) is 18.7 Å². The van der Waals surface area contributed by atoms with Gasteiger partial charge in [0.15, 0.2) is 0 Å². The summed E-state index contributed by atoms with van der Waals surface area (Å²) in [5.41, 5.74) is -0.338. The molecular formula is C19H19N3O4. The highest BCUT2D eigenvalue weighted by atomic mass is 16.5. The summed E-state index contributed by atoms with van der Waals surface area (Å²) in [6.45, 7) is 4.78. The van der Waals surface area contributed by atoms with E-state index < -0.39 is 23.3 Å². The summed E-state index contributed by atoms with van der Waals surface area (Å²) in [5, 5.41) is 22.6. The number of nitrogens with one attached hydrogen (secondary N) is 1. The summed E-state index contributed by atoms with van der Waals surface area (Å²) in [6.07, 6.45) is 0.500. The van der Waals surface area contributed by atoms with Crippen molar-refractivity contribution in [1.29, 1.82) is 5.26 Å². The van der Waals surface area contributed by atoms with Gasteiger partial charge in [-0.1, -0.05) is 0 Å². The minimum absolute atomic E-state index is 0.120. The number of amides is 1. The van der Waals surface area contributed by atoms with Crippen molar-refractivity contribution >= 4 is 11.6 Å². The van der Waals surface area contributed by atoms with Crippen LogP contribution in [0.5, 0.6) is 5.75 Å². The Hall–Kier alpha value is -3.11. The molecule has 0 spiro atoms. The largest absolute Gasteiger partial charge is 0.485 e. The predicted molar refractivity (Wildman–Crippen MR) is 95.0 cm³/mol. The highest BCUT2D eigenvalue weighted by molar-refractivity contribution is 5.88. The topological polar surface area (TPSA) is 104 Å². The molecule has 2 atom stereocenters. The second kappa shape index (κ2) is 6.32. The van der Waals surface area contributed by atoms with Gasteiger partial charge in [-0.25, -0.2) is 0 Å². The maximum Gasteiger partial charge on any atom is 0.274 e. The normalized spacial score (nSPS) is 20.4. The smallest absolute Gasteiger partial charge is 0.274 e. The Kier molecular flexibility index (Phi) is 4.30. The van der Waals surface area contributed by atoms with E-state index in [1.807, 2.05) is 0 Å². The van der Waals surface area contributed by atoms with Gasteiger partial charge in [-0.2, -0.15) is 5.26 Å². The van der Waals surface area contributed by atoms with Gasteiger partial charge < -0.3 is 19.7 Å². The van der Waals surface area contributed by atoms with E-state index in [0.717, 1.165) is 0 Å². The maximum atomic E-state index is 12.9. The molecule has 1 aliphatic heterocycles. The number of ether oxygens (including phenoxy) is 1. The first-order valence-corrected chi connectivity index (χ1v) is 8.14. The molecule has 0 saturated heterocycles. The Morgan fingerprint density at radius 3 is 2.77 bits per heavy atom. The minimum Gasteiger partial charge on any atom is -0.485 e. The number of pyridine rings is 1. The van der Waals surface area contributed by atoms with Crippen molar-refractivity contribution in [3.63, 3.8) is 0 Å². The van der Waals surface area contributed by atoms with E-state index >= 15 is 0 Å². The summed E-state index contributed by atoms with van der Waals surface area (Å²) in [7, 11) is 0. The predicted octanol–water partition coefficient (Wildman–Crippen LogP) is 1.80. The quantitative estimate of drug-likeness (QED) is 0.857. The number of aromatic nitrogens is 1. The highest BCUT2D eigenvalue weighted by Gasteiger charge is 2.44. The zero-order chi connectivity index (χ0) is 19.1. The number of aliphatic hydroxyl groups is 1. The van der Waals surface area contributed by atoms with E-state index in [1.165, 1.54) is 17.6 Å². The summed E-state index contributed by atoms with van der Waals surface area (Å²) in [5.74, 6) is 0.140. The van der Waals surface area contributed by atoms with E-state index in [2.05, 4.69) is 11.4 Å². The number of carbonyl (C=O) groups is 1. The number of fused-ring (bicyclic) bond motifs is 1. The van der Waals surface area contributed by atoms with Crippen molar-refractivity contribution < 1.29 is 14.6 Å². The molecule has 2 N–H and O–H groups in total. The molecule has 134 valence electrons. The van der Waals surface area contributed by atoms with Crippen LogP contribution in [0.2, 0.25) is 0 Å². The molecule has 0 saturated carbocycles. The lowest BCUT2D eigenvalue weighted by Crippen LogP contribution is -2.52. The monoisotopic (exact) mass is 353 g/mol. The Morgan fingerprint density at radius 1 is 1.38 bits per heavy atom. The molecule has 0 unspecified atom stereocenters. The van der Waals surface area contributed by atoms with E-state index in [4.69, 9.17) is 4.74 Å². The van der Waals surface area contributed by atoms with E-state index in [0.29, 0.717) is 16.9 Å². The third-order valence-corrected chi connectivity index (χ3v) is 4.43. The van der Waals surface area contributed by atoms with Gasteiger partial charge >= 0.3 is 0 Å². The SMILES string of the molecule is CC(=O)Nc1cccn([C@@H]2c3cc(C#N)ccc3OC(C)(C)[C@H]2O)c1=O.